The van der Waals surface area contributed by atoms with Gasteiger partial charge in [0, 0.05) is 20.1 Å². The molecule has 2 nitrogen and oxygen atoms in total. The summed E-state index contributed by atoms with van der Waals surface area (Å²) in [6.07, 6.45) is 0. The molecule has 0 aliphatic carbocycles. The van der Waals surface area contributed by atoms with Gasteiger partial charge < -0.3 is 9.47 Å². The summed E-state index contributed by atoms with van der Waals surface area (Å²) < 4.78 is 10.3. The number of rotatable bonds is 5. The van der Waals surface area contributed by atoms with Gasteiger partial charge in [-0.05, 0) is 12.5 Å². The monoisotopic (exact) mass is 194 g/mol. The third-order valence-corrected chi connectivity index (χ3v) is 2.28. The van der Waals surface area contributed by atoms with Crippen molar-refractivity contribution >= 4 is 0 Å². The van der Waals surface area contributed by atoms with Gasteiger partial charge in [-0.15, -0.1) is 0 Å². The van der Waals surface area contributed by atoms with E-state index in [9.17, 15) is 0 Å². The van der Waals surface area contributed by atoms with Crippen LogP contribution in [0.3, 0.4) is 0 Å². The molecule has 0 aromatic heterocycles. The minimum absolute atomic E-state index is 0.339. The van der Waals surface area contributed by atoms with Gasteiger partial charge in [-0.25, -0.2) is 0 Å². The first kappa shape index (κ1) is 11.2. The van der Waals surface area contributed by atoms with Crippen molar-refractivity contribution in [3.05, 3.63) is 35.4 Å². The van der Waals surface area contributed by atoms with Crippen molar-refractivity contribution in [2.75, 3.05) is 27.4 Å². The first-order valence-corrected chi connectivity index (χ1v) is 4.82. The highest BCUT2D eigenvalue weighted by atomic mass is 16.5. The first-order chi connectivity index (χ1) is 6.77. The molecule has 0 saturated carbocycles. The summed E-state index contributed by atoms with van der Waals surface area (Å²) in [6.45, 7) is 3.50. The predicted octanol–water partition coefficient (Wildman–Crippen LogP) is 2.37. The third-order valence-electron chi connectivity index (χ3n) is 2.28. The molecule has 14 heavy (non-hydrogen) atoms. The molecule has 0 N–H and O–H groups in total. The van der Waals surface area contributed by atoms with Gasteiger partial charge in [0.15, 0.2) is 0 Å². The van der Waals surface area contributed by atoms with Crippen LogP contribution >= 0.6 is 0 Å². The van der Waals surface area contributed by atoms with Crippen LogP contribution in [0.4, 0.5) is 0 Å². The standard InChI is InChI=1S/C12H18O2/c1-10-4-6-11(7-5-10)12(8-13-2)9-14-3/h4-7,12H,8-9H2,1-3H3. The number of hydrogen-bond acceptors (Lipinski definition) is 2. The Kier molecular flexibility index (Phi) is 4.63. The molecule has 0 fully saturated rings. The molecule has 0 saturated heterocycles. The largest absolute Gasteiger partial charge is 0.384 e. The molecule has 1 aromatic rings. The molecule has 0 spiro atoms. The zero-order valence-corrected chi connectivity index (χ0v) is 9.12. The molecule has 0 heterocycles. The second-order valence-corrected chi connectivity index (χ2v) is 3.52. The zero-order chi connectivity index (χ0) is 10.4. The minimum Gasteiger partial charge on any atom is -0.384 e. The lowest BCUT2D eigenvalue weighted by molar-refractivity contribution is 0.117. The van der Waals surface area contributed by atoms with E-state index in [-0.39, 0.29) is 0 Å². The van der Waals surface area contributed by atoms with Crippen LogP contribution in [-0.2, 0) is 9.47 Å². The smallest absolute Gasteiger partial charge is 0.0553 e. The van der Waals surface area contributed by atoms with Gasteiger partial charge in [-0.3, -0.25) is 0 Å². The topological polar surface area (TPSA) is 18.5 Å². The summed E-state index contributed by atoms with van der Waals surface area (Å²) in [7, 11) is 3.44. The van der Waals surface area contributed by atoms with Gasteiger partial charge in [0.25, 0.3) is 0 Å². The van der Waals surface area contributed by atoms with Gasteiger partial charge in [-0.2, -0.15) is 0 Å². The zero-order valence-electron chi connectivity index (χ0n) is 9.12. The molecule has 78 valence electrons. The van der Waals surface area contributed by atoms with E-state index in [1.54, 1.807) is 14.2 Å². The summed E-state index contributed by atoms with van der Waals surface area (Å²) in [5.41, 5.74) is 2.56. The summed E-state index contributed by atoms with van der Waals surface area (Å²) >= 11 is 0. The average Bonchev–Trinajstić information content (AvgIpc) is 2.19. The Bertz CT molecular complexity index is 248. The molecular weight excluding hydrogens is 176 g/mol. The van der Waals surface area contributed by atoms with E-state index in [4.69, 9.17) is 9.47 Å². The Morgan fingerprint density at radius 1 is 1.00 bits per heavy atom. The molecule has 0 atom stereocenters. The van der Waals surface area contributed by atoms with Gasteiger partial charge in [0.1, 0.15) is 0 Å². The summed E-state index contributed by atoms with van der Waals surface area (Å²) in [4.78, 5) is 0. The number of aryl methyl sites for hydroxylation is 1. The van der Waals surface area contributed by atoms with Crippen molar-refractivity contribution in [1.82, 2.24) is 0 Å². The summed E-state index contributed by atoms with van der Waals surface area (Å²) in [6, 6.07) is 8.51. The number of benzene rings is 1. The van der Waals surface area contributed by atoms with E-state index in [0.717, 1.165) is 0 Å². The maximum Gasteiger partial charge on any atom is 0.0553 e. The van der Waals surface area contributed by atoms with Crippen LogP contribution in [0.1, 0.15) is 17.0 Å². The van der Waals surface area contributed by atoms with E-state index in [1.165, 1.54) is 11.1 Å². The highest BCUT2D eigenvalue weighted by Crippen LogP contribution is 2.16. The molecule has 0 aliphatic rings. The third kappa shape index (κ3) is 3.13. The van der Waals surface area contributed by atoms with Gasteiger partial charge in [-0.1, -0.05) is 29.8 Å². The summed E-state index contributed by atoms with van der Waals surface area (Å²) in [5, 5.41) is 0. The van der Waals surface area contributed by atoms with Crippen molar-refractivity contribution in [3.8, 4) is 0 Å². The van der Waals surface area contributed by atoms with Crippen LogP contribution in [0.15, 0.2) is 24.3 Å². The van der Waals surface area contributed by atoms with Crippen LogP contribution in [0.25, 0.3) is 0 Å². The van der Waals surface area contributed by atoms with Gasteiger partial charge in [0.2, 0.25) is 0 Å². The minimum atomic E-state index is 0.339. The first-order valence-electron chi connectivity index (χ1n) is 4.82. The molecule has 1 aromatic carbocycles. The van der Waals surface area contributed by atoms with Crippen LogP contribution in [-0.4, -0.2) is 27.4 Å². The van der Waals surface area contributed by atoms with E-state index >= 15 is 0 Å². The SMILES string of the molecule is COCC(COC)c1ccc(C)cc1. The Labute approximate surface area is 85.8 Å². The lowest BCUT2D eigenvalue weighted by Gasteiger charge is -2.15. The molecule has 2 heteroatoms. The second-order valence-electron chi connectivity index (χ2n) is 3.52. The highest BCUT2D eigenvalue weighted by molar-refractivity contribution is 5.24. The Hall–Kier alpha value is -0.860. The molecule has 0 aliphatic heterocycles. The van der Waals surface area contributed by atoms with Crippen LogP contribution < -0.4 is 0 Å². The number of ether oxygens (including phenoxy) is 2. The van der Waals surface area contributed by atoms with Crippen molar-refractivity contribution in [2.45, 2.75) is 12.8 Å². The second kappa shape index (κ2) is 5.78. The maximum absolute atomic E-state index is 5.16. The van der Waals surface area contributed by atoms with E-state index in [0.29, 0.717) is 19.1 Å². The maximum atomic E-state index is 5.16. The molecule has 0 unspecified atom stereocenters. The fourth-order valence-corrected chi connectivity index (χ4v) is 1.48. The van der Waals surface area contributed by atoms with Crippen molar-refractivity contribution < 1.29 is 9.47 Å². The fraction of sp³-hybridized carbons (Fsp3) is 0.500. The Balaban J connectivity index is 2.71. The number of hydrogen-bond donors (Lipinski definition) is 0. The summed E-state index contributed by atoms with van der Waals surface area (Å²) in [5.74, 6) is 0.339. The lowest BCUT2D eigenvalue weighted by atomic mass is 10.00. The molecule has 0 bridgehead atoms. The van der Waals surface area contributed by atoms with Crippen LogP contribution in [0.2, 0.25) is 0 Å². The molecule has 1 rings (SSSR count). The lowest BCUT2D eigenvalue weighted by Crippen LogP contribution is -2.12. The quantitative estimate of drug-likeness (QED) is 0.716. The highest BCUT2D eigenvalue weighted by Gasteiger charge is 2.10. The van der Waals surface area contributed by atoms with E-state index < -0.39 is 0 Å². The fourth-order valence-electron chi connectivity index (χ4n) is 1.48. The normalized spacial score (nSPS) is 10.9. The number of methoxy groups -OCH3 is 2. The van der Waals surface area contributed by atoms with Crippen molar-refractivity contribution in [3.63, 3.8) is 0 Å². The predicted molar refractivity (Wildman–Crippen MR) is 57.7 cm³/mol. The molecular formula is C12H18O2. The van der Waals surface area contributed by atoms with E-state index in [2.05, 4.69) is 31.2 Å². The Morgan fingerprint density at radius 2 is 1.50 bits per heavy atom. The van der Waals surface area contributed by atoms with Crippen molar-refractivity contribution in [2.24, 2.45) is 0 Å². The van der Waals surface area contributed by atoms with E-state index in [1.807, 2.05) is 0 Å². The van der Waals surface area contributed by atoms with Gasteiger partial charge >= 0.3 is 0 Å². The van der Waals surface area contributed by atoms with Crippen LogP contribution in [0, 0.1) is 6.92 Å². The van der Waals surface area contributed by atoms with Crippen LogP contribution in [0.5, 0.6) is 0 Å². The molecule has 0 radical (unpaired) electrons. The van der Waals surface area contributed by atoms with Gasteiger partial charge in [0.05, 0.1) is 13.2 Å². The van der Waals surface area contributed by atoms with Crippen molar-refractivity contribution in [1.29, 1.82) is 0 Å². The Morgan fingerprint density at radius 3 is 1.93 bits per heavy atom. The molecule has 0 amide bonds. The average molecular weight is 194 g/mol.